The number of primary amides is 1. The van der Waals surface area contributed by atoms with E-state index >= 15 is 0 Å². The first-order valence-corrected chi connectivity index (χ1v) is 23.0. The zero-order valence-corrected chi connectivity index (χ0v) is 39.9. The van der Waals surface area contributed by atoms with E-state index in [0.29, 0.717) is 18.4 Å². The Labute approximate surface area is 387 Å². The van der Waals surface area contributed by atoms with E-state index in [1.54, 1.807) is 60.6 Å². The molecular weight excluding hydrogens is 857 g/mol. The summed E-state index contributed by atoms with van der Waals surface area (Å²) in [5.74, 6) is -9.24. The second-order valence-corrected chi connectivity index (χ2v) is 18.4. The number of carbonyl (C=O) groups excluding carboxylic acids is 9. The highest BCUT2D eigenvalue weighted by atomic mass is 16.5. The Kier molecular flexibility index (Phi) is 20.4. The number of aliphatic hydroxyl groups excluding tert-OH is 1. The third-order valence-electron chi connectivity index (χ3n) is 12.4. The molecule has 2 aliphatic heterocycles. The molecule has 2 saturated heterocycles. The summed E-state index contributed by atoms with van der Waals surface area (Å²) in [5, 5.41) is 34.6. The smallest absolute Gasteiger partial charge is 0.329 e. The molecule has 0 aromatic heterocycles. The number of nitrogens with one attached hydrogen (secondary N) is 5. The summed E-state index contributed by atoms with van der Waals surface area (Å²) >= 11 is 0. The lowest BCUT2D eigenvalue weighted by molar-refractivity contribution is -0.158. The van der Waals surface area contributed by atoms with Crippen molar-refractivity contribution in [2.75, 3.05) is 7.05 Å². The molecule has 0 saturated carbocycles. The highest BCUT2D eigenvalue weighted by Crippen LogP contribution is 2.27. The van der Waals surface area contributed by atoms with Crippen LogP contribution in [0.1, 0.15) is 113 Å². The number of aromatic hydroxyl groups is 1. The fraction of sp³-hybridized carbons (Fsp3) is 0.674. The number of rotatable bonds is 15. The molecular formula is C46H72N8O12. The molecule has 9 unspecified atom stereocenters. The molecule has 0 radical (unpaired) electrons. The van der Waals surface area contributed by atoms with Crippen molar-refractivity contribution >= 4 is 53.2 Å². The number of phenols is 1. The van der Waals surface area contributed by atoms with E-state index < -0.39 is 126 Å². The van der Waals surface area contributed by atoms with E-state index in [0.717, 1.165) is 4.90 Å². The van der Waals surface area contributed by atoms with Crippen LogP contribution >= 0.6 is 0 Å². The van der Waals surface area contributed by atoms with Crippen LogP contribution < -0.4 is 32.3 Å². The van der Waals surface area contributed by atoms with Crippen LogP contribution in [0.2, 0.25) is 0 Å². The van der Waals surface area contributed by atoms with Crippen LogP contribution in [0.4, 0.5) is 0 Å². The summed E-state index contributed by atoms with van der Waals surface area (Å²) in [4.78, 5) is 128. The second-order valence-electron chi connectivity index (χ2n) is 18.4. The molecule has 1 aromatic carbocycles. The lowest BCUT2D eigenvalue weighted by atomic mass is 9.95. The maximum Gasteiger partial charge on any atom is 0.329 e. The standard InChI is InChI=1S/C46H72N8O12/c1-11-25(7)36-45(64)53(10)33(22-28-13-15-29(55)16-14-28)42(61)51-37(26(8)12-2)46(65)66-27(9)38(52-40(59)30(17-19-34(47)56)48-39(58)24(5)6)43(62)49-31(21-23(3)4)44(63)54-32(41(60)50-36)18-20-35(54)57/h13-16,23-27,30-33,35-38,55,57H,11-12,17-22H2,1-10H3,(H2,47,56)(H,48,58)(H,49,62)(H,50,60)(H,51,61)(H,52,59)/t25?,26-,27?,30+,31?,32?,33?,35?,36?,37?,38?/m1/s1. The first kappa shape index (κ1) is 54.5. The number of phenolic OH excluding ortho intramolecular Hbond substituents is 1. The van der Waals surface area contributed by atoms with Crippen molar-refractivity contribution in [1.29, 1.82) is 0 Å². The van der Waals surface area contributed by atoms with Gasteiger partial charge in [-0.2, -0.15) is 0 Å². The molecule has 8 amide bonds. The predicted molar refractivity (Wildman–Crippen MR) is 241 cm³/mol. The summed E-state index contributed by atoms with van der Waals surface area (Å²) in [6, 6.07) is -3.76. The number of esters is 1. The average Bonchev–Trinajstić information content (AvgIpc) is 3.65. The summed E-state index contributed by atoms with van der Waals surface area (Å²) in [6.45, 7) is 15.0. The number of nitrogens with two attached hydrogens (primary N) is 1. The van der Waals surface area contributed by atoms with Crippen molar-refractivity contribution in [3.63, 3.8) is 0 Å². The lowest BCUT2D eigenvalue weighted by Crippen LogP contribution is -2.62. The van der Waals surface area contributed by atoms with Gasteiger partial charge < -0.3 is 57.1 Å². The van der Waals surface area contributed by atoms with Crippen LogP contribution in [0.25, 0.3) is 0 Å². The van der Waals surface area contributed by atoms with Crippen LogP contribution in [-0.2, 0) is 54.3 Å². The molecule has 20 heteroatoms. The number of hydrogen-bond acceptors (Lipinski definition) is 12. The molecule has 20 nitrogen and oxygen atoms in total. The summed E-state index contributed by atoms with van der Waals surface area (Å²) in [6.07, 6.45) is -2.93. The van der Waals surface area contributed by atoms with Gasteiger partial charge in [-0.3, -0.25) is 38.4 Å². The lowest BCUT2D eigenvalue weighted by Gasteiger charge is -2.35. The van der Waals surface area contributed by atoms with Gasteiger partial charge in [0.1, 0.15) is 60.4 Å². The number of aliphatic hydroxyl groups is 1. The molecule has 2 fully saturated rings. The van der Waals surface area contributed by atoms with E-state index in [4.69, 9.17) is 10.5 Å². The molecule has 2 heterocycles. The Morgan fingerprint density at radius 3 is 1.98 bits per heavy atom. The molecule has 3 rings (SSSR count). The first-order valence-electron chi connectivity index (χ1n) is 23.0. The minimum absolute atomic E-state index is 0.00167. The number of amides is 8. The Hall–Kier alpha value is -5.79. The van der Waals surface area contributed by atoms with Gasteiger partial charge in [0.2, 0.25) is 47.3 Å². The third-order valence-corrected chi connectivity index (χ3v) is 12.4. The van der Waals surface area contributed by atoms with Crippen molar-refractivity contribution < 1.29 is 58.1 Å². The zero-order chi connectivity index (χ0) is 49.7. The largest absolute Gasteiger partial charge is 0.508 e. The fourth-order valence-corrected chi connectivity index (χ4v) is 7.84. The van der Waals surface area contributed by atoms with Crippen LogP contribution in [0.3, 0.4) is 0 Å². The van der Waals surface area contributed by atoms with Crippen molar-refractivity contribution in [1.82, 2.24) is 36.4 Å². The van der Waals surface area contributed by atoms with E-state index in [1.165, 1.54) is 31.0 Å². The Morgan fingerprint density at radius 1 is 0.833 bits per heavy atom. The average molecular weight is 929 g/mol. The van der Waals surface area contributed by atoms with Crippen LogP contribution in [0.15, 0.2) is 24.3 Å². The minimum Gasteiger partial charge on any atom is -0.508 e. The Bertz CT molecular complexity index is 1910. The predicted octanol–water partition coefficient (Wildman–Crippen LogP) is 0.500. The maximum absolute atomic E-state index is 14.6. The zero-order valence-electron chi connectivity index (χ0n) is 39.9. The van der Waals surface area contributed by atoms with Crippen LogP contribution in [0, 0.1) is 23.7 Å². The van der Waals surface area contributed by atoms with Crippen LogP contribution in [-0.4, -0.2) is 135 Å². The fourth-order valence-electron chi connectivity index (χ4n) is 7.84. The van der Waals surface area contributed by atoms with Gasteiger partial charge in [0.15, 0.2) is 0 Å². The van der Waals surface area contributed by atoms with E-state index in [1.807, 2.05) is 6.92 Å². The number of cyclic esters (lactones) is 1. The van der Waals surface area contributed by atoms with Gasteiger partial charge in [-0.1, -0.05) is 80.4 Å². The van der Waals surface area contributed by atoms with Gasteiger partial charge >= 0.3 is 5.97 Å². The number of benzene rings is 1. The first-order chi connectivity index (χ1) is 30.9. The molecule has 11 atom stereocenters. The second kappa shape index (κ2) is 24.7. The molecule has 9 N–H and O–H groups in total. The number of likely N-dealkylation sites (N-methyl/N-ethyl adjacent to an activating group) is 1. The summed E-state index contributed by atoms with van der Waals surface area (Å²) in [7, 11) is 1.40. The van der Waals surface area contributed by atoms with E-state index in [9.17, 15) is 53.4 Å². The molecule has 0 spiro atoms. The van der Waals surface area contributed by atoms with E-state index in [2.05, 4.69) is 26.6 Å². The summed E-state index contributed by atoms with van der Waals surface area (Å²) < 4.78 is 5.91. The van der Waals surface area contributed by atoms with Crippen molar-refractivity contribution in [3.05, 3.63) is 29.8 Å². The molecule has 0 aliphatic carbocycles. The summed E-state index contributed by atoms with van der Waals surface area (Å²) in [5.41, 5.74) is 5.92. The monoisotopic (exact) mass is 929 g/mol. The maximum atomic E-state index is 14.6. The SMILES string of the molecule is CCC(C)C1NC(=O)C2CCC(O)N2C(=O)C(CC(C)C)NC(=O)C(NC(=O)[C@H](CCC(N)=O)NC(=O)C(C)C)C(C)OC(=O)C([C@H](C)CC)NC(=O)C(Cc2ccc(O)cc2)N(C)C1=O. The van der Waals surface area contributed by atoms with Crippen molar-refractivity contribution in [2.24, 2.45) is 29.4 Å². The van der Waals surface area contributed by atoms with Crippen molar-refractivity contribution in [3.8, 4) is 5.75 Å². The van der Waals surface area contributed by atoms with Gasteiger partial charge in [-0.15, -0.1) is 0 Å². The number of nitrogens with zero attached hydrogens (tertiary/aromatic N) is 2. The normalized spacial score (nSPS) is 26.4. The topological polar surface area (TPSA) is 296 Å². The van der Waals surface area contributed by atoms with Gasteiger partial charge in [0.05, 0.1) is 0 Å². The number of carbonyl (C=O) groups is 9. The van der Waals surface area contributed by atoms with Gasteiger partial charge in [-0.25, -0.2) is 4.79 Å². The minimum atomic E-state index is -1.77. The molecule has 66 heavy (non-hydrogen) atoms. The molecule has 368 valence electrons. The van der Waals surface area contributed by atoms with E-state index in [-0.39, 0.29) is 50.2 Å². The number of ether oxygens (including phenoxy) is 1. The van der Waals surface area contributed by atoms with Gasteiger partial charge in [0, 0.05) is 25.8 Å². The highest BCUT2D eigenvalue weighted by Gasteiger charge is 2.46. The quantitative estimate of drug-likeness (QED) is 0.112. The van der Waals surface area contributed by atoms with Crippen LogP contribution in [0.5, 0.6) is 5.75 Å². The third kappa shape index (κ3) is 14.6. The number of hydrogen-bond donors (Lipinski definition) is 8. The Balaban J connectivity index is 2.27. The Morgan fingerprint density at radius 2 is 1.42 bits per heavy atom. The molecule has 0 bridgehead atoms. The molecule has 1 aromatic rings. The highest BCUT2D eigenvalue weighted by molar-refractivity contribution is 5.98. The van der Waals surface area contributed by atoms with Crippen molar-refractivity contribution in [2.45, 2.75) is 168 Å². The van der Waals surface area contributed by atoms with Gasteiger partial charge in [0.25, 0.3) is 0 Å². The molecule has 2 aliphatic rings. The van der Waals surface area contributed by atoms with Gasteiger partial charge in [-0.05, 0) is 68.1 Å². The number of fused-ring (bicyclic) bond motifs is 1.